The van der Waals surface area contributed by atoms with Gasteiger partial charge in [0, 0.05) is 6.54 Å². The van der Waals surface area contributed by atoms with E-state index in [0.717, 1.165) is 5.56 Å². The van der Waals surface area contributed by atoms with Gasteiger partial charge in [-0.15, -0.1) is 0 Å². The number of nitrogens with one attached hydrogen (secondary N) is 1. The van der Waals surface area contributed by atoms with Crippen molar-refractivity contribution < 1.29 is 23.9 Å². The second-order valence-corrected chi connectivity index (χ2v) is 6.79. The molecule has 27 heavy (non-hydrogen) atoms. The Kier molecular flexibility index (Phi) is 7.64. The van der Waals surface area contributed by atoms with E-state index in [1.54, 1.807) is 0 Å². The van der Waals surface area contributed by atoms with Gasteiger partial charge in [-0.25, -0.2) is 9.59 Å². The summed E-state index contributed by atoms with van der Waals surface area (Å²) in [5, 5.41) is 2.76. The fourth-order valence-corrected chi connectivity index (χ4v) is 3.11. The van der Waals surface area contributed by atoms with Crippen LogP contribution in [-0.2, 0) is 25.7 Å². The van der Waals surface area contributed by atoms with Crippen LogP contribution >= 0.6 is 0 Å². The van der Waals surface area contributed by atoms with Crippen LogP contribution in [0.4, 0.5) is 4.79 Å². The van der Waals surface area contributed by atoms with Crippen molar-refractivity contribution in [2.24, 2.45) is 5.92 Å². The SMILES string of the molecule is CC[C@@H](C)[C@H](NC(=O)[C@H]1CCCN1C(=O)OCc1ccccc1)C(=O)OC. The Bertz CT molecular complexity index is 649. The maximum absolute atomic E-state index is 12.7. The molecule has 0 spiro atoms. The Morgan fingerprint density at radius 3 is 2.59 bits per heavy atom. The van der Waals surface area contributed by atoms with Gasteiger partial charge in [0.25, 0.3) is 0 Å². The summed E-state index contributed by atoms with van der Waals surface area (Å²) in [6.07, 6.45) is 1.45. The summed E-state index contributed by atoms with van der Waals surface area (Å²) in [6, 6.07) is 8.01. The summed E-state index contributed by atoms with van der Waals surface area (Å²) in [5.41, 5.74) is 0.883. The monoisotopic (exact) mass is 376 g/mol. The molecular formula is C20H28N2O5. The van der Waals surface area contributed by atoms with Crippen molar-refractivity contribution in [3.8, 4) is 0 Å². The Balaban J connectivity index is 1.97. The average molecular weight is 376 g/mol. The van der Waals surface area contributed by atoms with Crippen LogP contribution in [0.1, 0.15) is 38.7 Å². The molecule has 2 rings (SSSR count). The summed E-state index contributed by atoms with van der Waals surface area (Å²) in [7, 11) is 1.30. The lowest BCUT2D eigenvalue weighted by atomic mass is 9.98. The van der Waals surface area contributed by atoms with E-state index in [4.69, 9.17) is 9.47 Å². The molecule has 1 aromatic rings. The number of carbonyl (C=O) groups is 3. The molecule has 7 heteroatoms. The molecule has 0 unspecified atom stereocenters. The van der Waals surface area contributed by atoms with Gasteiger partial charge in [-0.1, -0.05) is 50.6 Å². The van der Waals surface area contributed by atoms with Crippen molar-refractivity contribution in [3.05, 3.63) is 35.9 Å². The summed E-state index contributed by atoms with van der Waals surface area (Å²) in [5.74, 6) is -0.893. The molecule has 0 radical (unpaired) electrons. The molecule has 0 aliphatic carbocycles. The highest BCUT2D eigenvalue weighted by Gasteiger charge is 2.37. The molecular weight excluding hydrogens is 348 g/mol. The van der Waals surface area contributed by atoms with E-state index in [0.29, 0.717) is 25.8 Å². The van der Waals surface area contributed by atoms with Gasteiger partial charge in [0.15, 0.2) is 0 Å². The zero-order valence-electron chi connectivity index (χ0n) is 16.1. The summed E-state index contributed by atoms with van der Waals surface area (Å²) >= 11 is 0. The van der Waals surface area contributed by atoms with Crippen LogP contribution in [-0.4, -0.2) is 48.6 Å². The maximum atomic E-state index is 12.7. The minimum absolute atomic E-state index is 0.0683. The minimum atomic E-state index is -0.727. The molecule has 1 aliphatic heterocycles. The molecule has 3 atom stereocenters. The number of likely N-dealkylation sites (tertiary alicyclic amines) is 1. The number of ether oxygens (including phenoxy) is 2. The highest BCUT2D eigenvalue weighted by Crippen LogP contribution is 2.20. The summed E-state index contributed by atoms with van der Waals surface area (Å²) < 4.78 is 10.2. The van der Waals surface area contributed by atoms with Gasteiger partial charge in [-0.05, 0) is 24.3 Å². The summed E-state index contributed by atoms with van der Waals surface area (Å²) in [6.45, 7) is 4.43. The van der Waals surface area contributed by atoms with Crippen LogP contribution in [0.15, 0.2) is 30.3 Å². The standard InChI is InChI=1S/C20H28N2O5/c1-4-14(2)17(19(24)26-3)21-18(23)16-11-8-12-22(16)20(25)27-13-15-9-6-5-7-10-15/h5-7,9-10,14,16-17H,4,8,11-13H2,1-3H3,(H,21,23)/t14-,16-,17+/m1/s1. The van der Waals surface area contributed by atoms with Crippen LogP contribution in [0, 0.1) is 5.92 Å². The first-order valence-electron chi connectivity index (χ1n) is 9.33. The van der Waals surface area contributed by atoms with Crippen LogP contribution < -0.4 is 5.32 Å². The first-order chi connectivity index (χ1) is 13.0. The van der Waals surface area contributed by atoms with E-state index in [-0.39, 0.29) is 18.4 Å². The first kappa shape index (κ1) is 20.7. The quantitative estimate of drug-likeness (QED) is 0.739. The van der Waals surface area contributed by atoms with Crippen molar-refractivity contribution in [1.82, 2.24) is 10.2 Å². The number of rotatable bonds is 7. The van der Waals surface area contributed by atoms with Crippen molar-refractivity contribution >= 4 is 18.0 Å². The van der Waals surface area contributed by atoms with E-state index in [1.807, 2.05) is 44.2 Å². The zero-order chi connectivity index (χ0) is 19.8. The van der Waals surface area contributed by atoms with Gasteiger partial charge in [0.05, 0.1) is 7.11 Å². The lowest BCUT2D eigenvalue weighted by molar-refractivity contribution is -0.147. The molecule has 148 valence electrons. The lowest BCUT2D eigenvalue weighted by Crippen LogP contribution is -2.53. The fraction of sp³-hybridized carbons (Fsp3) is 0.550. The normalized spacial score (nSPS) is 18.5. The number of carbonyl (C=O) groups excluding carboxylic acids is 3. The predicted octanol–water partition coefficient (Wildman–Crippen LogP) is 2.49. The Labute approximate surface area is 160 Å². The first-order valence-corrected chi connectivity index (χ1v) is 9.33. The molecule has 1 aliphatic rings. The number of nitrogens with zero attached hydrogens (tertiary/aromatic N) is 1. The van der Waals surface area contributed by atoms with E-state index in [1.165, 1.54) is 12.0 Å². The number of hydrogen-bond donors (Lipinski definition) is 1. The van der Waals surface area contributed by atoms with E-state index < -0.39 is 24.1 Å². The highest BCUT2D eigenvalue weighted by atomic mass is 16.6. The van der Waals surface area contributed by atoms with Crippen molar-refractivity contribution in [1.29, 1.82) is 0 Å². The molecule has 1 saturated heterocycles. The van der Waals surface area contributed by atoms with Crippen LogP contribution in [0.3, 0.4) is 0 Å². The highest BCUT2D eigenvalue weighted by molar-refractivity contribution is 5.90. The Morgan fingerprint density at radius 2 is 1.96 bits per heavy atom. The molecule has 1 aromatic carbocycles. The van der Waals surface area contributed by atoms with Crippen LogP contribution in [0.5, 0.6) is 0 Å². The molecule has 0 aromatic heterocycles. The molecule has 1 N–H and O–H groups in total. The maximum Gasteiger partial charge on any atom is 0.410 e. The second kappa shape index (κ2) is 9.94. The van der Waals surface area contributed by atoms with Gasteiger partial charge in [-0.3, -0.25) is 9.69 Å². The lowest BCUT2D eigenvalue weighted by Gasteiger charge is -2.27. The Hall–Kier alpha value is -2.57. The van der Waals surface area contributed by atoms with Crippen LogP contribution in [0.2, 0.25) is 0 Å². The van der Waals surface area contributed by atoms with E-state index in [2.05, 4.69) is 5.32 Å². The molecule has 1 fully saturated rings. The van der Waals surface area contributed by atoms with Crippen LogP contribution in [0.25, 0.3) is 0 Å². The van der Waals surface area contributed by atoms with E-state index in [9.17, 15) is 14.4 Å². The van der Waals surface area contributed by atoms with Crippen molar-refractivity contribution in [3.63, 3.8) is 0 Å². The van der Waals surface area contributed by atoms with E-state index >= 15 is 0 Å². The third kappa shape index (κ3) is 5.45. The summed E-state index contributed by atoms with van der Waals surface area (Å²) in [4.78, 5) is 38.6. The second-order valence-electron chi connectivity index (χ2n) is 6.79. The number of amides is 2. The van der Waals surface area contributed by atoms with Gasteiger partial charge in [-0.2, -0.15) is 0 Å². The topological polar surface area (TPSA) is 84.9 Å². The van der Waals surface area contributed by atoms with Gasteiger partial charge < -0.3 is 14.8 Å². The molecule has 2 amide bonds. The fourth-order valence-electron chi connectivity index (χ4n) is 3.11. The molecule has 0 saturated carbocycles. The third-order valence-electron chi connectivity index (χ3n) is 4.96. The number of esters is 1. The average Bonchev–Trinajstić information content (AvgIpc) is 3.19. The molecule has 0 bridgehead atoms. The smallest absolute Gasteiger partial charge is 0.410 e. The number of hydrogen-bond acceptors (Lipinski definition) is 5. The van der Waals surface area contributed by atoms with Crippen molar-refractivity contribution in [2.45, 2.75) is 51.8 Å². The predicted molar refractivity (Wildman–Crippen MR) is 99.8 cm³/mol. The molecule has 1 heterocycles. The van der Waals surface area contributed by atoms with Crippen molar-refractivity contribution in [2.75, 3.05) is 13.7 Å². The number of benzene rings is 1. The number of methoxy groups -OCH3 is 1. The largest absolute Gasteiger partial charge is 0.467 e. The van der Waals surface area contributed by atoms with Gasteiger partial charge in [0.2, 0.25) is 5.91 Å². The van der Waals surface area contributed by atoms with Gasteiger partial charge in [0.1, 0.15) is 18.7 Å². The minimum Gasteiger partial charge on any atom is -0.467 e. The van der Waals surface area contributed by atoms with Gasteiger partial charge >= 0.3 is 12.1 Å². The zero-order valence-corrected chi connectivity index (χ0v) is 16.1. The third-order valence-corrected chi connectivity index (χ3v) is 4.96. The Morgan fingerprint density at radius 1 is 1.26 bits per heavy atom. The molecule has 7 nitrogen and oxygen atoms in total.